The van der Waals surface area contributed by atoms with Gasteiger partial charge in [-0.3, -0.25) is 9.59 Å². The summed E-state index contributed by atoms with van der Waals surface area (Å²) in [5.74, 6) is 1.20. The minimum absolute atomic E-state index is 0.00290. The largest absolute Gasteiger partial charge is 0.497 e. The van der Waals surface area contributed by atoms with E-state index in [0.717, 1.165) is 36.2 Å². The molecule has 2 heterocycles. The third-order valence-corrected chi connectivity index (χ3v) is 6.07. The molecule has 1 N–H and O–H groups in total. The monoisotopic (exact) mass is 462 g/mol. The van der Waals surface area contributed by atoms with Crippen molar-refractivity contribution >= 4 is 11.6 Å². The van der Waals surface area contributed by atoms with E-state index < -0.39 is 0 Å². The third-order valence-electron chi connectivity index (χ3n) is 6.07. The van der Waals surface area contributed by atoms with E-state index in [0.29, 0.717) is 31.1 Å². The van der Waals surface area contributed by atoms with E-state index in [1.165, 1.54) is 4.68 Å². The van der Waals surface area contributed by atoms with Crippen molar-refractivity contribution in [1.82, 2.24) is 15.1 Å². The Balaban J connectivity index is 1.38. The quantitative estimate of drug-likeness (QED) is 0.554. The standard InChI is InChI=1S/C26H30N4O4/c1-33-23-11-20(12-24(14-23)34-2)15-27-26(32)21-9-6-10-29(18-21)22-13-25(31)30(28-16-22)17-19-7-4-3-5-8-19/h3-5,7-8,11-14,16,21H,6,9-10,15,17-18H2,1-2H3,(H,27,32)/t21-/m0/s1. The number of aromatic nitrogens is 2. The number of carbonyl (C=O) groups excluding carboxylic acids is 1. The Morgan fingerprint density at radius 2 is 1.79 bits per heavy atom. The molecule has 0 bridgehead atoms. The van der Waals surface area contributed by atoms with E-state index in [4.69, 9.17) is 9.47 Å². The van der Waals surface area contributed by atoms with Crippen LogP contribution in [-0.2, 0) is 17.9 Å². The molecule has 8 nitrogen and oxygen atoms in total. The van der Waals surface area contributed by atoms with Gasteiger partial charge in [-0.1, -0.05) is 30.3 Å². The van der Waals surface area contributed by atoms with Crippen LogP contribution in [0.4, 0.5) is 5.69 Å². The van der Waals surface area contributed by atoms with Gasteiger partial charge in [-0.05, 0) is 36.1 Å². The number of hydrogen-bond acceptors (Lipinski definition) is 6. The number of piperidine rings is 1. The lowest BCUT2D eigenvalue weighted by atomic mass is 9.96. The molecule has 178 valence electrons. The van der Waals surface area contributed by atoms with Crippen molar-refractivity contribution in [2.75, 3.05) is 32.2 Å². The SMILES string of the molecule is COc1cc(CNC(=O)[C@H]2CCCN(c3cnn(Cc4ccccc4)c(=O)c3)C2)cc(OC)c1. The van der Waals surface area contributed by atoms with Crippen LogP contribution in [0.1, 0.15) is 24.0 Å². The molecular weight excluding hydrogens is 432 g/mol. The highest BCUT2D eigenvalue weighted by Gasteiger charge is 2.26. The zero-order chi connectivity index (χ0) is 23.9. The predicted molar refractivity (Wildman–Crippen MR) is 130 cm³/mol. The second-order valence-corrected chi connectivity index (χ2v) is 8.42. The molecule has 4 rings (SSSR count). The lowest BCUT2D eigenvalue weighted by Crippen LogP contribution is -2.43. The number of anilines is 1. The molecule has 0 spiro atoms. The Bertz CT molecular complexity index is 1160. The minimum atomic E-state index is -0.159. The van der Waals surface area contributed by atoms with Gasteiger partial charge in [-0.2, -0.15) is 5.10 Å². The maximum Gasteiger partial charge on any atom is 0.269 e. The first-order valence-corrected chi connectivity index (χ1v) is 11.4. The summed E-state index contributed by atoms with van der Waals surface area (Å²) in [5.41, 5.74) is 2.53. The second kappa shape index (κ2) is 10.9. The van der Waals surface area contributed by atoms with Crippen molar-refractivity contribution in [2.24, 2.45) is 5.92 Å². The number of nitrogens with one attached hydrogen (secondary N) is 1. The summed E-state index contributed by atoms with van der Waals surface area (Å²) >= 11 is 0. The smallest absolute Gasteiger partial charge is 0.269 e. The van der Waals surface area contributed by atoms with Gasteiger partial charge in [0.05, 0.1) is 38.6 Å². The molecule has 1 aromatic heterocycles. The second-order valence-electron chi connectivity index (χ2n) is 8.42. The van der Waals surface area contributed by atoms with Crippen LogP contribution >= 0.6 is 0 Å². The zero-order valence-corrected chi connectivity index (χ0v) is 19.6. The number of rotatable bonds is 8. The van der Waals surface area contributed by atoms with Crippen molar-refractivity contribution in [2.45, 2.75) is 25.9 Å². The van der Waals surface area contributed by atoms with Crippen LogP contribution in [0.25, 0.3) is 0 Å². The van der Waals surface area contributed by atoms with E-state index in [1.54, 1.807) is 32.5 Å². The molecule has 1 aliphatic rings. The normalized spacial score (nSPS) is 15.6. The predicted octanol–water partition coefficient (Wildman–Crippen LogP) is 2.84. The topological polar surface area (TPSA) is 85.7 Å². The molecule has 2 aromatic carbocycles. The molecule has 1 atom stereocenters. The maximum atomic E-state index is 12.9. The lowest BCUT2D eigenvalue weighted by Gasteiger charge is -2.33. The van der Waals surface area contributed by atoms with Gasteiger partial charge in [-0.25, -0.2) is 4.68 Å². The summed E-state index contributed by atoms with van der Waals surface area (Å²) in [7, 11) is 3.20. The summed E-state index contributed by atoms with van der Waals surface area (Å²) in [6, 6.07) is 16.9. The van der Waals surface area contributed by atoms with Gasteiger partial charge < -0.3 is 19.7 Å². The first-order chi connectivity index (χ1) is 16.6. The zero-order valence-electron chi connectivity index (χ0n) is 19.6. The molecule has 1 fully saturated rings. The number of carbonyl (C=O) groups is 1. The van der Waals surface area contributed by atoms with E-state index in [9.17, 15) is 9.59 Å². The number of ether oxygens (including phenoxy) is 2. The maximum absolute atomic E-state index is 12.9. The average molecular weight is 463 g/mol. The lowest BCUT2D eigenvalue weighted by molar-refractivity contribution is -0.125. The summed E-state index contributed by atoms with van der Waals surface area (Å²) in [6.07, 6.45) is 3.40. The first kappa shape index (κ1) is 23.4. The average Bonchev–Trinajstić information content (AvgIpc) is 2.88. The Kier molecular flexibility index (Phi) is 7.47. The Hall–Kier alpha value is -3.81. The highest BCUT2D eigenvalue weighted by Crippen LogP contribution is 2.24. The molecular formula is C26H30N4O4. The van der Waals surface area contributed by atoms with Crippen LogP contribution < -0.4 is 25.2 Å². The fraction of sp³-hybridized carbons (Fsp3) is 0.346. The van der Waals surface area contributed by atoms with Gasteiger partial charge in [0.15, 0.2) is 0 Å². The van der Waals surface area contributed by atoms with E-state index in [-0.39, 0.29) is 17.4 Å². The van der Waals surface area contributed by atoms with Gasteiger partial charge in [0.2, 0.25) is 5.91 Å². The van der Waals surface area contributed by atoms with Crippen LogP contribution in [0, 0.1) is 5.92 Å². The van der Waals surface area contributed by atoms with Gasteiger partial charge in [0, 0.05) is 31.8 Å². The van der Waals surface area contributed by atoms with Crippen LogP contribution in [-0.4, -0.2) is 43.0 Å². The van der Waals surface area contributed by atoms with E-state index in [1.807, 2.05) is 42.5 Å². The fourth-order valence-corrected chi connectivity index (χ4v) is 4.20. The number of amides is 1. The van der Waals surface area contributed by atoms with E-state index >= 15 is 0 Å². The Labute approximate surface area is 199 Å². The van der Waals surface area contributed by atoms with Crippen LogP contribution in [0.15, 0.2) is 65.6 Å². The Morgan fingerprint density at radius 1 is 1.06 bits per heavy atom. The molecule has 0 saturated carbocycles. The van der Waals surface area contributed by atoms with Crippen molar-refractivity contribution in [3.63, 3.8) is 0 Å². The summed E-state index contributed by atoms with van der Waals surface area (Å²) in [6.45, 7) is 2.16. The van der Waals surface area contributed by atoms with Gasteiger partial charge in [0.25, 0.3) is 5.56 Å². The third kappa shape index (κ3) is 5.75. The van der Waals surface area contributed by atoms with Crippen molar-refractivity contribution in [3.8, 4) is 11.5 Å². The first-order valence-electron chi connectivity index (χ1n) is 11.4. The highest BCUT2D eigenvalue weighted by molar-refractivity contribution is 5.79. The number of benzene rings is 2. The summed E-state index contributed by atoms with van der Waals surface area (Å²) in [5, 5.41) is 7.40. The minimum Gasteiger partial charge on any atom is -0.497 e. The van der Waals surface area contributed by atoms with Gasteiger partial charge in [0.1, 0.15) is 11.5 Å². The summed E-state index contributed by atoms with van der Waals surface area (Å²) in [4.78, 5) is 27.6. The molecule has 0 radical (unpaired) electrons. The molecule has 8 heteroatoms. The number of methoxy groups -OCH3 is 2. The molecule has 1 amide bonds. The molecule has 0 aliphatic carbocycles. The van der Waals surface area contributed by atoms with Crippen molar-refractivity contribution < 1.29 is 14.3 Å². The van der Waals surface area contributed by atoms with Gasteiger partial charge >= 0.3 is 0 Å². The van der Waals surface area contributed by atoms with Crippen LogP contribution in [0.2, 0.25) is 0 Å². The highest BCUT2D eigenvalue weighted by atomic mass is 16.5. The molecule has 34 heavy (non-hydrogen) atoms. The number of hydrogen-bond donors (Lipinski definition) is 1. The Morgan fingerprint density at radius 3 is 2.47 bits per heavy atom. The number of nitrogens with zero attached hydrogens (tertiary/aromatic N) is 3. The van der Waals surface area contributed by atoms with Crippen LogP contribution in [0.3, 0.4) is 0 Å². The molecule has 1 saturated heterocycles. The summed E-state index contributed by atoms with van der Waals surface area (Å²) < 4.78 is 12.1. The molecule has 3 aromatic rings. The van der Waals surface area contributed by atoms with E-state index in [2.05, 4.69) is 15.3 Å². The fourth-order valence-electron chi connectivity index (χ4n) is 4.20. The van der Waals surface area contributed by atoms with Crippen molar-refractivity contribution in [3.05, 3.63) is 82.3 Å². The molecule has 0 unspecified atom stereocenters. The van der Waals surface area contributed by atoms with Gasteiger partial charge in [-0.15, -0.1) is 0 Å². The molecule has 1 aliphatic heterocycles. The van der Waals surface area contributed by atoms with Crippen LogP contribution in [0.5, 0.6) is 11.5 Å². The van der Waals surface area contributed by atoms with Crippen molar-refractivity contribution in [1.29, 1.82) is 0 Å².